The Hall–Kier alpha value is 0.270. The average Bonchev–Trinajstić information content (AvgIpc) is 2.31. The number of hydrogen-bond donors (Lipinski definition) is 1. The summed E-state index contributed by atoms with van der Waals surface area (Å²) in [5.41, 5.74) is 0. The van der Waals surface area contributed by atoms with Crippen molar-refractivity contribution in [2.75, 3.05) is 26.0 Å². The summed E-state index contributed by atoms with van der Waals surface area (Å²) in [5.74, 6) is 2.07. The Morgan fingerprint density at radius 2 is 2.07 bits per heavy atom. The van der Waals surface area contributed by atoms with Crippen molar-refractivity contribution in [3.8, 4) is 0 Å². The Bertz CT molecular complexity index is 160. The van der Waals surface area contributed by atoms with E-state index in [4.69, 9.17) is 4.74 Å². The quantitative estimate of drug-likeness (QED) is 0.759. The van der Waals surface area contributed by atoms with Crippen LogP contribution in [0.15, 0.2) is 0 Å². The Balaban J connectivity index is 2.27. The van der Waals surface area contributed by atoms with Crippen molar-refractivity contribution in [1.82, 2.24) is 5.32 Å². The van der Waals surface area contributed by atoms with Crippen LogP contribution in [0.3, 0.4) is 0 Å². The zero-order valence-electron chi connectivity index (χ0n) is 10.3. The Labute approximate surface area is 98.5 Å². The first-order valence-electron chi connectivity index (χ1n) is 6.14. The fourth-order valence-electron chi connectivity index (χ4n) is 1.96. The molecule has 15 heavy (non-hydrogen) atoms. The summed E-state index contributed by atoms with van der Waals surface area (Å²) >= 11 is 2.10. The standard InChI is InChI=1S/C12H25NOS/c1-4-10(2)15-9-12(13-3)11-5-7-14-8-6-11/h10-13H,4-9H2,1-3H3. The molecule has 0 spiro atoms. The van der Waals surface area contributed by atoms with Crippen molar-refractivity contribution in [3.05, 3.63) is 0 Å². The summed E-state index contributed by atoms with van der Waals surface area (Å²) in [6.07, 6.45) is 3.73. The first-order valence-corrected chi connectivity index (χ1v) is 7.19. The van der Waals surface area contributed by atoms with Gasteiger partial charge in [0.25, 0.3) is 0 Å². The van der Waals surface area contributed by atoms with E-state index in [9.17, 15) is 0 Å². The summed E-state index contributed by atoms with van der Waals surface area (Å²) in [5, 5.41) is 4.27. The molecule has 0 aliphatic carbocycles. The molecule has 1 heterocycles. The highest BCUT2D eigenvalue weighted by Crippen LogP contribution is 2.23. The molecule has 3 heteroatoms. The van der Waals surface area contributed by atoms with Gasteiger partial charge in [0.05, 0.1) is 0 Å². The molecule has 1 aliphatic rings. The molecule has 1 aliphatic heterocycles. The van der Waals surface area contributed by atoms with Crippen LogP contribution in [0.5, 0.6) is 0 Å². The van der Waals surface area contributed by atoms with E-state index in [-0.39, 0.29) is 0 Å². The van der Waals surface area contributed by atoms with Gasteiger partial charge >= 0.3 is 0 Å². The monoisotopic (exact) mass is 231 g/mol. The molecule has 1 saturated heterocycles. The predicted molar refractivity (Wildman–Crippen MR) is 68.6 cm³/mol. The van der Waals surface area contributed by atoms with Crippen molar-refractivity contribution >= 4 is 11.8 Å². The normalized spacial score (nSPS) is 22.6. The zero-order valence-corrected chi connectivity index (χ0v) is 11.1. The molecule has 2 atom stereocenters. The first kappa shape index (κ1) is 13.3. The minimum Gasteiger partial charge on any atom is -0.381 e. The van der Waals surface area contributed by atoms with E-state index in [2.05, 4.69) is 38.0 Å². The lowest BCUT2D eigenvalue weighted by atomic mass is 9.93. The van der Waals surface area contributed by atoms with E-state index in [0.717, 1.165) is 24.4 Å². The third-order valence-corrected chi connectivity index (χ3v) is 4.79. The maximum absolute atomic E-state index is 5.41. The molecule has 1 N–H and O–H groups in total. The van der Waals surface area contributed by atoms with Gasteiger partial charge < -0.3 is 10.1 Å². The van der Waals surface area contributed by atoms with Gasteiger partial charge in [0.15, 0.2) is 0 Å². The Morgan fingerprint density at radius 1 is 1.40 bits per heavy atom. The second-order valence-corrected chi connectivity index (χ2v) is 5.87. The van der Waals surface area contributed by atoms with Crippen LogP contribution in [-0.2, 0) is 4.74 Å². The van der Waals surface area contributed by atoms with Crippen LogP contribution in [0.25, 0.3) is 0 Å². The highest BCUT2D eigenvalue weighted by Gasteiger charge is 2.22. The van der Waals surface area contributed by atoms with Crippen molar-refractivity contribution in [2.24, 2.45) is 5.92 Å². The topological polar surface area (TPSA) is 21.3 Å². The van der Waals surface area contributed by atoms with Gasteiger partial charge in [-0.3, -0.25) is 0 Å². The summed E-state index contributed by atoms with van der Waals surface area (Å²) < 4.78 is 5.41. The van der Waals surface area contributed by atoms with Crippen molar-refractivity contribution in [1.29, 1.82) is 0 Å². The maximum atomic E-state index is 5.41. The number of hydrogen-bond acceptors (Lipinski definition) is 3. The van der Waals surface area contributed by atoms with Gasteiger partial charge in [0, 0.05) is 30.3 Å². The maximum Gasteiger partial charge on any atom is 0.0469 e. The molecule has 0 aromatic carbocycles. The van der Waals surface area contributed by atoms with Crippen LogP contribution in [-0.4, -0.2) is 37.3 Å². The van der Waals surface area contributed by atoms with Crippen LogP contribution in [0.2, 0.25) is 0 Å². The zero-order chi connectivity index (χ0) is 11.1. The van der Waals surface area contributed by atoms with Crippen LogP contribution in [0, 0.1) is 5.92 Å². The van der Waals surface area contributed by atoms with Gasteiger partial charge in [0.1, 0.15) is 0 Å². The molecular weight excluding hydrogens is 206 g/mol. The van der Waals surface area contributed by atoms with Crippen LogP contribution in [0.1, 0.15) is 33.1 Å². The minimum atomic E-state index is 0.674. The highest BCUT2D eigenvalue weighted by molar-refractivity contribution is 7.99. The van der Waals surface area contributed by atoms with Crippen LogP contribution >= 0.6 is 11.8 Å². The van der Waals surface area contributed by atoms with Crippen molar-refractivity contribution < 1.29 is 4.74 Å². The van der Waals surface area contributed by atoms with E-state index in [1.54, 1.807) is 0 Å². The summed E-state index contributed by atoms with van der Waals surface area (Å²) in [4.78, 5) is 0. The number of nitrogens with one attached hydrogen (secondary N) is 1. The second kappa shape index (κ2) is 7.53. The van der Waals surface area contributed by atoms with Gasteiger partial charge in [-0.25, -0.2) is 0 Å². The van der Waals surface area contributed by atoms with Gasteiger partial charge in [-0.1, -0.05) is 13.8 Å². The molecule has 90 valence electrons. The molecule has 2 unspecified atom stereocenters. The van der Waals surface area contributed by atoms with Gasteiger partial charge in [-0.15, -0.1) is 0 Å². The van der Waals surface area contributed by atoms with Crippen LogP contribution < -0.4 is 5.32 Å². The van der Waals surface area contributed by atoms with E-state index in [1.165, 1.54) is 25.0 Å². The van der Waals surface area contributed by atoms with Crippen LogP contribution in [0.4, 0.5) is 0 Å². The summed E-state index contributed by atoms with van der Waals surface area (Å²) in [6.45, 7) is 6.50. The number of ether oxygens (including phenoxy) is 1. The lowest BCUT2D eigenvalue weighted by Gasteiger charge is -2.30. The van der Waals surface area contributed by atoms with E-state index < -0.39 is 0 Å². The number of rotatable bonds is 6. The Morgan fingerprint density at radius 3 is 2.60 bits per heavy atom. The number of thioether (sulfide) groups is 1. The molecule has 1 fully saturated rings. The average molecular weight is 231 g/mol. The molecule has 0 aromatic heterocycles. The van der Waals surface area contributed by atoms with E-state index >= 15 is 0 Å². The molecule has 0 bridgehead atoms. The molecular formula is C12H25NOS. The minimum absolute atomic E-state index is 0.674. The highest BCUT2D eigenvalue weighted by atomic mass is 32.2. The Kier molecular flexibility index (Phi) is 6.69. The third kappa shape index (κ3) is 4.75. The van der Waals surface area contributed by atoms with E-state index in [0.29, 0.717) is 6.04 Å². The van der Waals surface area contributed by atoms with Gasteiger partial charge in [-0.05, 0) is 32.2 Å². The second-order valence-electron chi connectivity index (χ2n) is 4.40. The molecule has 0 saturated carbocycles. The summed E-state index contributed by atoms with van der Waals surface area (Å²) in [7, 11) is 2.09. The fourth-order valence-corrected chi connectivity index (χ4v) is 3.17. The third-order valence-electron chi connectivity index (χ3n) is 3.34. The smallest absolute Gasteiger partial charge is 0.0469 e. The van der Waals surface area contributed by atoms with Crippen molar-refractivity contribution in [3.63, 3.8) is 0 Å². The summed E-state index contributed by atoms with van der Waals surface area (Å²) in [6, 6.07) is 0.674. The predicted octanol–water partition coefficient (Wildman–Crippen LogP) is 2.53. The first-order chi connectivity index (χ1) is 7.27. The van der Waals surface area contributed by atoms with Crippen molar-refractivity contribution in [2.45, 2.75) is 44.4 Å². The van der Waals surface area contributed by atoms with E-state index in [1.807, 2.05) is 0 Å². The largest absolute Gasteiger partial charge is 0.381 e. The van der Waals surface area contributed by atoms with Gasteiger partial charge in [0.2, 0.25) is 0 Å². The molecule has 0 amide bonds. The lowest BCUT2D eigenvalue weighted by molar-refractivity contribution is 0.0575. The SMILES string of the molecule is CCC(C)SCC(NC)C1CCOCC1. The fraction of sp³-hybridized carbons (Fsp3) is 1.00. The molecule has 0 radical (unpaired) electrons. The molecule has 1 rings (SSSR count). The molecule has 0 aromatic rings. The van der Waals surface area contributed by atoms with Gasteiger partial charge in [-0.2, -0.15) is 11.8 Å². The lowest BCUT2D eigenvalue weighted by Crippen LogP contribution is -2.39. The molecule has 2 nitrogen and oxygen atoms in total.